The molecule has 0 aromatic carbocycles. The number of carbonyl (C=O) groups is 1. The van der Waals surface area contributed by atoms with E-state index >= 15 is 0 Å². The molecule has 0 atom stereocenters. The molecule has 11 heteroatoms. The van der Waals surface area contributed by atoms with Crippen LogP contribution in [0.3, 0.4) is 0 Å². The molecule has 0 saturated heterocycles. The van der Waals surface area contributed by atoms with Crippen LogP contribution in [0.2, 0.25) is 0 Å². The first-order chi connectivity index (χ1) is 5.57. The van der Waals surface area contributed by atoms with Gasteiger partial charge in [0.05, 0.1) is 0 Å². The van der Waals surface area contributed by atoms with E-state index in [0.29, 0.717) is 8.03 Å². The Morgan fingerprint density at radius 1 is 1.62 bits per heavy atom. The first-order valence-corrected chi connectivity index (χ1v) is 6.64. The van der Waals surface area contributed by atoms with E-state index in [1.54, 1.807) is 18.5 Å². The minimum atomic E-state index is -0.876. The van der Waals surface area contributed by atoms with E-state index in [1.165, 1.54) is 9.47 Å². The molecule has 0 bridgehead atoms. The summed E-state index contributed by atoms with van der Waals surface area (Å²) in [6.07, 6.45) is -0.876. The van der Waals surface area contributed by atoms with Crippen LogP contribution in [0.1, 0.15) is 0 Å². The van der Waals surface area contributed by atoms with Gasteiger partial charge in [-0.1, -0.05) is 0 Å². The summed E-state index contributed by atoms with van der Waals surface area (Å²) in [4.78, 5) is 18.9. The SMILES string of the molecule is O=C(OONC(=S)[S][Mo])N(S)S.[Zn]. The van der Waals surface area contributed by atoms with Crippen molar-refractivity contribution in [2.45, 2.75) is 0 Å². The molecule has 0 rings (SSSR count). The third-order valence-corrected chi connectivity index (χ3v) is 3.45. The van der Waals surface area contributed by atoms with Gasteiger partial charge in [0.2, 0.25) is 0 Å². The van der Waals surface area contributed by atoms with Crippen LogP contribution in [0, 0.1) is 0 Å². The van der Waals surface area contributed by atoms with Crippen molar-refractivity contribution in [1.29, 1.82) is 0 Å². The van der Waals surface area contributed by atoms with Crippen molar-refractivity contribution in [2.75, 3.05) is 0 Å². The Morgan fingerprint density at radius 3 is 2.54 bits per heavy atom. The molecular formula is C2H3MoN2O3S4Zn. The molecule has 0 aromatic rings. The Labute approximate surface area is 118 Å². The molecule has 0 radical (unpaired) electrons. The molecule has 1 amide bonds. The molecule has 0 spiro atoms. The molecule has 0 aromatic heterocycles. The van der Waals surface area contributed by atoms with Gasteiger partial charge in [-0.15, -0.1) is 0 Å². The molecule has 0 aliphatic rings. The van der Waals surface area contributed by atoms with Gasteiger partial charge < -0.3 is 0 Å². The van der Waals surface area contributed by atoms with Gasteiger partial charge in [0, 0.05) is 19.5 Å². The smallest absolute Gasteiger partial charge is 0 e. The summed E-state index contributed by atoms with van der Waals surface area (Å²) in [7, 11) is 1.25. The number of amides is 1. The third kappa shape index (κ3) is 9.78. The van der Waals surface area contributed by atoms with Crippen LogP contribution in [0.15, 0.2) is 0 Å². The molecule has 5 nitrogen and oxygen atoms in total. The van der Waals surface area contributed by atoms with Crippen LogP contribution >= 0.6 is 47.3 Å². The van der Waals surface area contributed by atoms with E-state index < -0.39 is 6.09 Å². The zero-order valence-corrected chi connectivity index (χ0v) is 14.4. The van der Waals surface area contributed by atoms with Gasteiger partial charge in [0.15, 0.2) is 0 Å². The molecule has 0 aliphatic carbocycles. The second-order valence-electron chi connectivity index (χ2n) is 1.19. The van der Waals surface area contributed by atoms with E-state index in [9.17, 15) is 4.79 Å². The number of rotatable bonds is 2. The topological polar surface area (TPSA) is 50.8 Å². The Morgan fingerprint density at radius 2 is 2.15 bits per heavy atom. The van der Waals surface area contributed by atoms with Crippen LogP contribution in [0.25, 0.3) is 0 Å². The summed E-state index contributed by atoms with van der Waals surface area (Å²) in [6.45, 7) is 0. The van der Waals surface area contributed by atoms with Crippen LogP contribution in [-0.2, 0) is 47.9 Å². The molecule has 0 saturated carbocycles. The number of hydrogen-bond donors (Lipinski definition) is 3. The number of nitrogens with one attached hydrogen (secondary N) is 1. The first-order valence-electron chi connectivity index (χ1n) is 2.23. The van der Waals surface area contributed by atoms with Crippen molar-refractivity contribution >= 4 is 57.7 Å². The molecule has 0 unspecified atom stereocenters. The Bertz CT molecular complexity index is 183. The van der Waals surface area contributed by atoms with Gasteiger partial charge in [-0.2, -0.15) is 0 Å². The summed E-state index contributed by atoms with van der Waals surface area (Å²) < 4.78 is 0.960. The first kappa shape index (κ1) is 16.9. The molecule has 1 N–H and O–H groups in total. The summed E-state index contributed by atoms with van der Waals surface area (Å²) in [5.74, 6) is 0. The molecule has 0 heterocycles. The van der Waals surface area contributed by atoms with Gasteiger partial charge >= 0.3 is 100 Å². The van der Waals surface area contributed by atoms with Gasteiger partial charge in [0.25, 0.3) is 0 Å². The number of hydroxylamine groups is 1. The van der Waals surface area contributed by atoms with Crippen LogP contribution in [0.4, 0.5) is 4.79 Å². The van der Waals surface area contributed by atoms with Crippen molar-refractivity contribution in [2.24, 2.45) is 0 Å². The van der Waals surface area contributed by atoms with Gasteiger partial charge in [-0.05, 0) is 0 Å². The fourth-order valence-corrected chi connectivity index (χ4v) is 0.560. The number of hydrogen-bond acceptors (Lipinski definition) is 7. The van der Waals surface area contributed by atoms with Gasteiger partial charge in [-0.3, -0.25) is 0 Å². The van der Waals surface area contributed by atoms with Crippen LogP contribution < -0.4 is 5.48 Å². The van der Waals surface area contributed by atoms with E-state index in [4.69, 9.17) is 0 Å². The van der Waals surface area contributed by atoms with Crippen molar-refractivity contribution in [3.8, 4) is 0 Å². The van der Waals surface area contributed by atoms with E-state index in [2.05, 4.69) is 53.2 Å². The van der Waals surface area contributed by atoms with Crippen LogP contribution in [0.5, 0.6) is 0 Å². The van der Waals surface area contributed by atoms with Gasteiger partial charge in [0.1, 0.15) is 0 Å². The second kappa shape index (κ2) is 10.0. The maximum absolute atomic E-state index is 10.5. The molecule has 0 aliphatic heterocycles. The Kier molecular flexibility index (Phi) is 13.0. The number of thiol groups is 2. The minimum Gasteiger partial charge on any atom is 0 e. The number of nitrogens with zero attached hydrogens (tertiary/aromatic N) is 1. The standard InChI is InChI=1S/C2H4N2O3S4.Mo.Zn/c5-2(4(10)11)6-7-3-1(8)9;;/h10-11H,(H2,3,8,9);;/q;+1;/p-1. The third-order valence-electron chi connectivity index (χ3n) is 0.477. The zero-order valence-electron chi connectivity index (χ0n) is 6.00. The fraction of sp³-hybridized carbons (Fsp3) is 0. The number of thiocarbonyl (C=S) groups is 1. The van der Waals surface area contributed by atoms with E-state index in [-0.39, 0.29) is 19.5 Å². The fourth-order valence-electron chi connectivity index (χ4n) is 0.141. The van der Waals surface area contributed by atoms with Crippen molar-refractivity contribution in [1.82, 2.24) is 9.19 Å². The molecular weight excluding hydrogens is 390 g/mol. The van der Waals surface area contributed by atoms with Crippen molar-refractivity contribution < 1.29 is 52.7 Å². The Hall–Kier alpha value is 1.48. The van der Waals surface area contributed by atoms with Crippen molar-refractivity contribution in [3.63, 3.8) is 0 Å². The predicted molar refractivity (Wildman–Crippen MR) is 50.7 cm³/mol. The monoisotopic (exact) mass is 393 g/mol. The normalized spacial score (nSPS) is 8.15. The maximum atomic E-state index is 10.5. The summed E-state index contributed by atoms with van der Waals surface area (Å²) >= 11 is 13.4. The van der Waals surface area contributed by atoms with Crippen molar-refractivity contribution in [3.05, 3.63) is 0 Å². The molecule has 13 heavy (non-hydrogen) atoms. The predicted octanol–water partition coefficient (Wildman–Crippen LogP) is 1.03. The zero-order chi connectivity index (χ0) is 9.56. The average Bonchev–Trinajstić information content (AvgIpc) is 2.03. The van der Waals surface area contributed by atoms with E-state index in [1.807, 2.05) is 0 Å². The molecule has 0 fully saturated rings. The summed E-state index contributed by atoms with van der Waals surface area (Å²) in [5, 5.41) is 0. The Balaban J connectivity index is 0. The maximum Gasteiger partial charge on any atom is 0 e. The largest absolute Gasteiger partial charge is 0 e. The van der Waals surface area contributed by atoms with Gasteiger partial charge in [-0.25, -0.2) is 0 Å². The number of carbonyl (C=O) groups excluding carboxylic acids is 1. The van der Waals surface area contributed by atoms with Crippen LogP contribution in [-0.4, -0.2) is 14.1 Å². The minimum absolute atomic E-state index is 0. The average molecular weight is 393 g/mol. The quantitative estimate of drug-likeness (QED) is 0.215. The second-order valence-corrected chi connectivity index (χ2v) is 4.78. The van der Waals surface area contributed by atoms with E-state index in [0.717, 1.165) is 0 Å². The molecule has 71 valence electrons. The summed E-state index contributed by atoms with van der Waals surface area (Å²) in [6, 6.07) is 0. The summed E-state index contributed by atoms with van der Waals surface area (Å²) in [5.41, 5.74) is 2.18.